The molecule has 1 aromatic heterocycles. The molecule has 0 bridgehead atoms. The fraction of sp³-hybridized carbons (Fsp3) is 0.0833. The van der Waals surface area contributed by atoms with Gasteiger partial charge in [0.15, 0.2) is 12.7 Å². The van der Waals surface area contributed by atoms with Crippen molar-refractivity contribution < 1.29 is 17.0 Å². The van der Waals surface area contributed by atoms with E-state index >= 15 is 0 Å². The van der Waals surface area contributed by atoms with Gasteiger partial charge in [-0.25, -0.2) is 4.57 Å². The predicted octanol–water partition coefficient (Wildman–Crippen LogP) is -2.18. The zero-order valence-corrected chi connectivity index (χ0v) is 9.06. The fourth-order valence-corrected chi connectivity index (χ4v) is 1.41. The third kappa shape index (κ3) is 3.10. The van der Waals surface area contributed by atoms with Crippen LogP contribution in [-0.4, -0.2) is 7.85 Å². The molecule has 0 aliphatic carbocycles. The van der Waals surface area contributed by atoms with Crippen LogP contribution in [0.1, 0.15) is 5.56 Å². The highest BCUT2D eigenvalue weighted by Crippen LogP contribution is 1.96. The number of rotatable bonds is 2. The van der Waals surface area contributed by atoms with Gasteiger partial charge in [0.25, 0.3) is 0 Å². The van der Waals surface area contributed by atoms with Gasteiger partial charge in [0.05, 0.1) is 0 Å². The van der Waals surface area contributed by atoms with E-state index in [0.29, 0.717) is 0 Å². The van der Waals surface area contributed by atoms with Gasteiger partial charge >= 0.3 is 0 Å². The van der Waals surface area contributed by atoms with Crippen LogP contribution >= 0.6 is 0 Å². The lowest BCUT2D eigenvalue weighted by molar-refractivity contribution is -0.671. The second kappa shape index (κ2) is 5.57. The smallest absolute Gasteiger partial charge is 0.212 e. The summed E-state index contributed by atoms with van der Waals surface area (Å²) in [6, 6.07) is 16.1. The van der Waals surface area contributed by atoms with Crippen LogP contribution in [-0.2, 0) is 6.54 Å². The number of pyridine rings is 1. The van der Waals surface area contributed by atoms with Gasteiger partial charge in [0.1, 0.15) is 5.59 Å². The van der Waals surface area contributed by atoms with E-state index < -0.39 is 0 Å². The first kappa shape index (κ1) is 11.8. The lowest BCUT2D eigenvalue weighted by atomic mass is 10.0. The third-order valence-electron chi connectivity index (χ3n) is 2.17. The number of halogens is 1. The van der Waals surface area contributed by atoms with Crippen LogP contribution in [0.2, 0.25) is 0 Å². The summed E-state index contributed by atoms with van der Waals surface area (Å²) in [5.41, 5.74) is 2.05. The highest BCUT2D eigenvalue weighted by atomic mass is 35.5. The summed E-state index contributed by atoms with van der Waals surface area (Å²) >= 11 is 0. The molecular formula is C12H11BClN. The zero-order valence-electron chi connectivity index (χ0n) is 8.31. The van der Waals surface area contributed by atoms with E-state index in [1.807, 2.05) is 47.2 Å². The Morgan fingerprint density at radius 1 is 0.933 bits per heavy atom. The van der Waals surface area contributed by atoms with Crippen LogP contribution in [0.15, 0.2) is 54.7 Å². The Hall–Kier alpha value is -1.28. The normalized spacial score (nSPS) is 9.33. The van der Waals surface area contributed by atoms with E-state index in [2.05, 4.69) is 12.1 Å². The van der Waals surface area contributed by atoms with E-state index in [1.165, 1.54) is 5.56 Å². The number of hydrogen-bond acceptors (Lipinski definition) is 0. The Morgan fingerprint density at radius 2 is 1.60 bits per heavy atom. The van der Waals surface area contributed by atoms with Crippen molar-refractivity contribution in [2.75, 3.05) is 0 Å². The van der Waals surface area contributed by atoms with Crippen molar-refractivity contribution >= 4 is 13.4 Å². The molecule has 0 atom stereocenters. The summed E-state index contributed by atoms with van der Waals surface area (Å²) in [7, 11) is 5.83. The molecule has 0 N–H and O–H groups in total. The summed E-state index contributed by atoms with van der Waals surface area (Å²) < 4.78 is 2.02. The Morgan fingerprint density at radius 3 is 2.27 bits per heavy atom. The SMILES string of the molecule is [B]c1cccc[n+]1Cc1ccccc1.[Cl-]. The van der Waals surface area contributed by atoms with Crippen LogP contribution in [0.4, 0.5) is 0 Å². The standard InChI is InChI=1S/C12H11BN.ClH/c13-12-8-4-5-9-14(12)10-11-6-2-1-3-7-11;/h1-9H,10H2;1H/q+1;/p-1. The highest BCUT2D eigenvalue weighted by Gasteiger charge is 2.03. The van der Waals surface area contributed by atoms with Crippen LogP contribution in [0, 0.1) is 0 Å². The van der Waals surface area contributed by atoms with E-state index in [9.17, 15) is 0 Å². The van der Waals surface area contributed by atoms with Crippen LogP contribution < -0.4 is 22.6 Å². The van der Waals surface area contributed by atoms with Gasteiger partial charge in [-0.1, -0.05) is 36.4 Å². The van der Waals surface area contributed by atoms with Crippen LogP contribution in [0.3, 0.4) is 0 Å². The van der Waals surface area contributed by atoms with Crippen molar-refractivity contribution in [1.29, 1.82) is 0 Å². The molecule has 2 radical (unpaired) electrons. The van der Waals surface area contributed by atoms with Crippen molar-refractivity contribution in [3.8, 4) is 0 Å². The highest BCUT2D eigenvalue weighted by molar-refractivity contribution is 6.29. The minimum atomic E-state index is 0. The first-order valence-corrected chi connectivity index (χ1v) is 4.64. The molecule has 0 unspecified atom stereocenters. The molecule has 0 spiro atoms. The Kier molecular flexibility index (Phi) is 4.38. The van der Waals surface area contributed by atoms with E-state index in [0.717, 1.165) is 12.1 Å². The Balaban J connectivity index is 0.00000112. The molecule has 0 aliphatic rings. The second-order valence-electron chi connectivity index (χ2n) is 3.24. The third-order valence-corrected chi connectivity index (χ3v) is 2.17. The molecule has 0 aliphatic heterocycles. The number of aromatic nitrogens is 1. The minimum absolute atomic E-state index is 0. The molecule has 2 aromatic rings. The van der Waals surface area contributed by atoms with Crippen molar-refractivity contribution in [2.24, 2.45) is 0 Å². The van der Waals surface area contributed by atoms with E-state index in [-0.39, 0.29) is 12.4 Å². The Bertz CT molecular complexity index is 417. The molecule has 74 valence electrons. The van der Waals surface area contributed by atoms with Gasteiger partial charge in [-0.3, -0.25) is 0 Å². The van der Waals surface area contributed by atoms with Gasteiger partial charge in [-0.15, -0.1) is 0 Å². The maximum atomic E-state index is 5.83. The second-order valence-corrected chi connectivity index (χ2v) is 3.24. The largest absolute Gasteiger partial charge is 1.00 e. The molecule has 2 rings (SSSR count). The summed E-state index contributed by atoms with van der Waals surface area (Å²) in [5.74, 6) is 0. The molecule has 0 saturated carbocycles. The number of nitrogens with zero attached hydrogens (tertiary/aromatic N) is 1. The van der Waals surface area contributed by atoms with Gasteiger partial charge in [-0.2, -0.15) is 0 Å². The zero-order chi connectivity index (χ0) is 9.80. The number of benzene rings is 1. The fourth-order valence-electron chi connectivity index (χ4n) is 1.41. The summed E-state index contributed by atoms with van der Waals surface area (Å²) in [6.07, 6.45) is 1.99. The van der Waals surface area contributed by atoms with Gasteiger partial charge in [-0.05, 0) is 6.07 Å². The molecule has 0 amide bonds. The summed E-state index contributed by atoms with van der Waals surface area (Å²) in [6.45, 7) is 0.827. The van der Waals surface area contributed by atoms with Gasteiger partial charge in [0.2, 0.25) is 7.85 Å². The maximum Gasteiger partial charge on any atom is 0.212 e. The van der Waals surface area contributed by atoms with Crippen molar-refractivity contribution in [1.82, 2.24) is 0 Å². The average Bonchev–Trinajstić information content (AvgIpc) is 2.23. The van der Waals surface area contributed by atoms with Gasteiger partial charge in [0, 0.05) is 11.6 Å². The predicted molar refractivity (Wildman–Crippen MR) is 57.6 cm³/mol. The quantitative estimate of drug-likeness (QED) is 0.396. The summed E-state index contributed by atoms with van der Waals surface area (Å²) in [4.78, 5) is 0. The van der Waals surface area contributed by atoms with Crippen LogP contribution in [0.25, 0.3) is 0 Å². The van der Waals surface area contributed by atoms with Crippen LogP contribution in [0.5, 0.6) is 0 Å². The lowest BCUT2D eigenvalue weighted by Gasteiger charge is -2.00. The summed E-state index contributed by atoms with van der Waals surface area (Å²) in [5, 5.41) is 0. The van der Waals surface area contributed by atoms with Crippen molar-refractivity contribution in [2.45, 2.75) is 6.54 Å². The molecule has 1 heterocycles. The van der Waals surface area contributed by atoms with Crippen molar-refractivity contribution in [3.05, 3.63) is 60.3 Å². The van der Waals surface area contributed by atoms with Crippen molar-refractivity contribution in [3.63, 3.8) is 0 Å². The monoisotopic (exact) mass is 215 g/mol. The molecule has 15 heavy (non-hydrogen) atoms. The minimum Gasteiger partial charge on any atom is -1.00 e. The van der Waals surface area contributed by atoms with E-state index in [4.69, 9.17) is 7.85 Å². The molecule has 3 heteroatoms. The average molecular weight is 215 g/mol. The van der Waals surface area contributed by atoms with Gasteiger partial charge < -0.3 is 12.4 Å². The molecule has 0 fully saturated rings. The lowest BCUT2D eigenvalue weighted by Crippen LogP contribution is -3.00. The van der Waals surface area contributed by atoms with E-state index in [1.54, 1.807) is 0 Å². The molecule has 1 aromatic carbocycles. The molecule has 0 saturated heterocycles. The molecular weight excluding hydrogens is 204 g/mol. The maximum absolute atomic E-state index is 5.83. The first-order chi connectivity index (χ1) is 6.86. The first-order valence-electron chi connectivity index (χ1n) is 4.64. The number of hydrogen-bond donors (Lipinski definition) is 0. The Labute approximate surface area is 97.6 Å². The topological polar surface area (TPSA) is 3.88 Å². The molecule has 1 nitrogen and oxygen atoms in total.